The van der Waals surface area contributed by atoms with Crippen LogP contribution in [0, 0.1) is 18.8 Å². The van der Waals surface area contributed by atoms with Crippen LogP contribution >= 0.6 is 0 Å². The molecular weight excluding hydrogens is 290 g/mol. The number of nitrogens with zero attached hydrogens (tertiary/aromatic N) is 5. The number of rotatable bonds is 7. The van der Waals surface area contributed by atoms with E-state index in [1.54, 1.807) is 10.9 Å². The number of hydrogen-bond acceptors (Lipinski definition) is 6. The molecule has 0 bridgehead atoms. The van der Waals surface area contributed by atoms with E-state index >= 15 is 0 Å². The van der Waals surface area contributed by atoms with Gasteiger partial charge >= 0.3 is 0 Å². The number of nitrogens with one attached hydrogen (secondary N) is 2. The first-order valence-electron chi connectivity index (χ1n) is 8.45. The van der Waals surface area contributed by atoms with Crippen LogP contribution in [-0.2, 0) is 0 Å². The van der Waals surface area contributed by atoms with Gasteiger partial charge in [-0.05, 0) is 56.9 Å². The first-order chi connectivity index (χ1) is 11.2. The number of hydrogen-bond donors (Lipinski definition) is 2. The predicted molar refractivity (Wildman–Crippen MR) is 88.7 cm³/mol. The molecule has 2 heterocycles. The lowest BCUT2D eigenvalue weighted by molar-refractivity contribution is 0.681. The van der Waals surface area contributed by atoms with Crippen LogP contribution in [0.4, 0.5) is 11.9 Å². The second-order valence-electron chi connectivity index (χ2n) is 6.84. The SMILES string of the molecule is Cc1cnn(-c2nc(NCC3CC3)nc(NC(C)C3CC3)n2)c1. The van der Waals surface area contributed by atoms with Crippen LogP contribution < -0.4 is 10.6 Å². The molecule has 23 heavy (non-hydrogen) atoms. The van der Waals surface area contributed by atoms with Gasteiger partial charge in [-0.1, -0.05) is 0 Å². The van der Waals surface area contributed by atoms with E-state index in [0.717, 1.165) is 23.9 Å². The van der Waals surface area contributed by atoms with Crippen molar-refractivity contribution in [2.24, 2.45) is 11.8 Å². The van der Waals surface area contributed by atoms with Gasteiger partial charge < -0.3 is 10.6 Å². The lowest BCUT2D eigenvalue weighted by atomic mass is 10.2. The molecule has 2 N–H and O–H groups in total. The molecule has 2 aliphatic rings. The molecule has 122 valence electrons. The van der Waals surface area contributed by atoms with E-state index < -0.39 is 0 Å². The Bertz CT molecular complexity index is 687. The summed E-state index contributed by atoms with van der Waals surface area (Å²) in [6.45, 7) is 5.13. The van der Waals surface area contributed by atoms with Gasteiger partial charge in [0, 0.05) is 18.8 Å². The Hall–Kier alpha value is -2.18. The van der Waals surface area contributed by atoms with E-state index in [4.69, 9.17) is 0 Å². The van der Waals surface area contributed by atoms with Gasteiger partial charge in [-0.3, -0.25) is 0 Å². The van der Waals surface area contributed by atoms with E-state index in [0.29, 0.717) is 23.9 Å². The van der Waals surface area contributed by atoms with Crippen LogP contribution in [0.2, 0.25) is 0 Å². The van der Waals surface area contributed by atoms with Gasteiger partial charge in [0.2, 0.25) is 11.9 Å². The largest absolute Gasteiger partial charge is 0.354 e. The summed E-state index contributed by atoms with van der Waals surface area (Å²) in [5, 5.41) is 11.1. The topological polar surface area (TPSA) is 80.5 Å². The van der Waals surface area contributed by atoms with Crippen LogP contribution in [0.25, 0.3) is 5.95 Å². The summed E-state index contributed by atoms with van der Waals surface area (Å²) in [7, 11) is 0. The molecule has 2 aromatic heterocycles. The van der Waals surface area contributed by atoms with Crippen molar-refractivity contribution in [3.63, 3.8) is 0 Å². The molecule has 0 aromatic carbocycles. The zero-order valence-electron chi connectivity index (χ0n) is 13.7. The zero-order valence-corrected chi connectivity index (χ0v) is 13.7. The maximum Gasteiger partial charge on any atom is 0.257 e. The Labute approximate surface area is 135 Å². The highest BCUT2D eigenvalue weighted by Gasteiger charge is 2.28. The van der Waals surface area contributed by atoms with Gasteiger partial charge in [-0.2, -0.15) is 20.1 Å². The van der Waals surface area contributed by atoms with Crippen LogP contribution in [0.15, 0.2) is 12.4 Å². The molecule has 4 rings (SSSR count). The minimum absolute atomic E-state index is 0.390. The summed E-state index contributed by atoms with van der Waals surface area (Å²) in [5.41, 5.74) is 1.08. The molecule has 7 heteroatoms. The molecule has 2 fully saturated rings. The third kappa shape index (κ3) is 3.60. The summed E-state index contributed by atoms with van der Waals surface area (Å²) in [6.07, 6.45) is 8.91. The van der Waals surface area contributed by atoms with Gasteiger partial charge in [-0.15, -0.1) is 0 Å². The molecule has 2 aliphatic carbocycles. The number of anilines is 2. The lowest BCUT2D eigenvalue weighted by Gasteiger charge is -2.14. The smallest absolute Gasteiger partial charge is 0.257 e. The second kappa shape index (κ2) is 5.79. The summed E-state index contributed by atoms with van der Waals surface area (Å²) >= 11 is 0. The first kappa shape index (κ1) is 14.4. The van der Waals surface area contributed by atoms with Gasteiger partial charge in [-0.25, -0.2) is 4.68 Å². The Morgan fingerprint density at radius 1 is 1.17 bits per heavy atom. The Morgan fingerprint density at radius 3 is 2.61 bits per heavy atom. The number of aryl methyl sites for hydroxylation is 1. The number of aromatic nitrogens is 5. The molecule has 2 aromatic rings. The predicted octanol–water partition coefficient (Wildman–Crippen LogP) is 2.40. The standard InChI is InChI=1S/C16H23N7/c1-10-7-18-23(9-10)16-21-14(17-8-12-3-4-12)20-15(22-16)19-11(2)13-5-6-13/h7,9,11-13H,3-6,8H2,1-2H3,(H2,17,19,20,21,22). The molecule has 1 unspecified atom stereocenters. The van der Waals surface area contributed by atoms with E-state index in [9.17, 15) is 0 Å². The van der Waals surface area contributed by atoms with E-state index in [-0.39, 0.29) is 0 Å². The van der Waals surface area contributed by atoms with E-state index in [1.165, 1.54) is 25.7 Å². The normalized spacial score (nSPS) is 18.7. The summed E-state index contributed by atoms with van der Waals surface area (Å²) in [4.78, 5) is 13.6. The van der Waals surface area contributed by atoms with Crippen molar-refractivity contribution in [1.29, 1.82) is 0 Å². The highest BCUT2D eigenvalue weighted by molar-refractivity contribution is 5.39. The minimum Gasteiger partial charge on any atom is -0.354 e. The minimum atomic E-state index is 0.390. The molecule has 0 saturated heterocycles. The molecule has 0 amide bonds. The molecule has 0 aliphatic heterocycles. The van der Waals surface area contributed by atoms with Gasteiger partial charge in [0.05, 0.1) is 6.20 Å². The van der Waals surface area contributed by atoms with Crippen molar-refractivity contribution in [2.45, 2.75) is 45.6 Å². The third-order valence-corrected chi connectivity index (χ3v) is 4.47. The molecule has 2 saturated carbocycles. The summed E-state index contributed by atoms with van der Waals surface area (Å²) in [5.74, 6) is 3.31. The lowest BCUT2D eigenvalue weighted by Crippen LogP contribution is -2.21. The third-order valence-electron chi connectivity index (χ3n) is 4.47. The van der Waals surface area contributed by atoms with Crippen molar-refractivity contribution in [3.05, 3.63) is 18.0 Å². The average molecular weight is 313 g/mol. The van der Waals surface area contributed by atoms with Crippen molar-refractivity contribution in [2.75, 3.05) is 17.2 Å². The van der Waals surface area contributed by atoms with Crippen molar-refractivity contribution >= 4 is 11.9 Å². The fourth-order valence-corrected chi connectivity index (χ4v) is 2.61. The molecule has 0 radical (unpaired) electrons. The Kier molecular flexibility index (Phi) is 3.63. The van der Waals surface area contributed by atoms with Gasteiger partial charge in [0.25, 0.3) is 5.95 Å². The fourth-order valence-electron chi connectivity index (χ4n) is 2.61. The average Bonchev–Trinajstić information content (AvgIpc) is 3.44. The maximum absolute atomic E-state index is 4.54. The second-order valence-corrected chi connectivity index (χ2v) is 6.84. The molecule has 1 atom stereocenters. The monoisotopic (exact) mass is 313 g/mol. The summed E-state index contributed by atoms with van der Waals surface area (Å²) < 4.78 is 1.70. The van der Waals surface area contributed by atoms with Gasteiger partial charge in [0.15, 0.2) is 0 Å². The molecule has 0 spiro atoms. The quantitative estimate of drug-likeness (QED) is 0.817. The van der Waals surface area contributed by atoms with E-state index in [1.807, 2.05) is 13.1 Å². The van der Waals surface area contributed by atoms with Crippen LogP contribution in [-0.4, -0.2) is 37.3 Å². The fraction of sp³-hybridized carbons (Fsp3) is 0.625. The molecular formula is C16H23N7. The van der Waals surface area contributed by atoms with Crippen molar-refractivity contribution in [1.82, 2.24) is 24.7 Å². The maximum atomic E-state index is 4.54. The molecule has 7 nitrogen and oxygen atoms in total. The first-order valence-corrected chi connectivity index (χ1v) is 8.45. The Morgan fingerprint density at radius 2 is 1.96 bits per heavy atom. The highest BCUT2D eigenvalue weighted by Crippen LogP contribution is 2.33. The van der Waals surface area contributed by atoms with Crippen LogP contribution in [0.3, 0.4) is 0 Å². The van der Waals surface area contributed by atoms with Crippen LogP contribution in [0.5, 0.6) is 0 Å². The summed E-state index contributed by atoms with van der Waals surface area (Å²) in [6, 6.07) is 0.390. The Balaban J connectivity index is 1.58. The van der Waals surface area contributed by atoms with Crippen LogP contribution in [0.1, 0.15) is 38.2 Å². The van der Waals surface area contributed by atoms with Crippen molar-refractivity contribution < 1.29 is 0 Å². The van der Waals surface area contributed by atoms with Crippen molar-refractivity contribution in [3.8, 4) is 5.95 Å². The van der Waals surface area contributed by atoms with Gasteiger partial charge in [0.1, 0.15) is 0 Å². The zero-order chi connectivity index (χ0) is 15.8. The van der Waals surface area contributed by atoms with E-state index in [2.05, 4.69) is 37.6 Å². The highest BCUT2D eigenvalue weighted by atomic mass is 15.4.